The third-order valence-electron chi connectivity index (χ3n) is 4.64. The number of hydrogen-bond acceptors (Lipinski definition) is 7. The number of hydrogen-bond donors (Lipinski definition) is 1. The standard InChI is InChI=1S/C21H23BrN4O5S/c1-26(2)32(28,29)17-8-9-18(30-3)14(12-17)7-10-19(27)23-13-20-24-21(25-31-20)15-5-4-6-16(22)11-15/h4-6,8-9,11-12H,7,10,13H2,1-3H3,(H,23,27). The van der Waals surface area contributed by atoms with E-state index in [-0.39, 0.29) is 29.7 Å². The van der Waals surface area contributed by atoms with Gasteiger partial charge in [0, 0.05) is 30.6 Å². The molecular weight excluding hydrogens is 500 g/mol. The fourth-order valence-electron chi connectivity index (χ4n) is 2.90. The molecule has 1 aromatic heterocycles. The van der Waals surface area contributed by atoms with Crippen molar-refractivity contribution in [2.45, 2.75) is 24.3 Å². The first-order valence-corrected chi connectivity index (χ1v) is 11.9. The Labute approximate surface area is 194 Å². The molecule has 0 aliphatic carbocycles. The summed E-state index contributed by atoms with van der Waals surface area (Å²) in [5.41, 5.74) is 1.42. The van der Waals surface area contributed by atoms with Crippen LogP contribution in [0.2, 0.25) is 0 Å². The van der Waals surface area contributed by atoms with Crippen molar-refractivity contribution >= 4 is 31.9 Å². The lowest BCUT2D eigenvalue weighted by atomic mass is 10.1. The molecule has 170 valence electrons. The van der Waals surface area contributed by atoms with Gasteiger partial charge < -0.3 is 14.6 Å². The molecule has 0 aliphatic rings. The van der Waals surface area contributed by atoms with Crippen LogP contribution in [0.5, 0.6) is 5.75 Å². The molecule has 0 atom stereocenters. The van der Waals surface area contributed by atoms with Gasteiger partial charge in [0.25, 0.3) is 0 Å². The molecule has 1 heterocycles. The van der Waals surface area contributed by atoms with E-state index in [2.05, 4.69) is 31.4 Å². The number of ether oxygens (including phenoxy) is 1. The van der Waals surface area contributed by atoms with Crippen LogP contribution < -0.4 is 10.1 Å². The number of carbonyl (C=O) groups is 1. The average molecular weight is 523 g/mol. The van der Waals surface area contributed by atoms with E-state index in [9.17, 15) is 13.2 Å². The maximum absolute atomic E-state index is 12.4. The van der Waals surface area contributed by atoms with Crippen molar-refractivity contribution in [2.75, 3.05) is 21.2 Å². The Hall–Kier alpha value is -2.76. The first-order valence-electron chi connectivity index (χ1n) is 9.65. The molecule has 11 heteroatoms. The molecular formula is C21H23BrN4O5S. The second-order valence-corrected chi connectivity index (χ2v) is 10.1. The number of nitrogens with zero attached hydrogens (tertiary/aromatic N) is 3. The Bertz CT molecular complexity index is 1210. The molecule has 9 nitrogen and oxygen atoms in total. The topological polar surface area (TPSA) is 115 Å². The van der Waals surface area contributed by atoms with Crippen LogP contribution >= 0.6 is 15.9 Å². The Balaban J connectivity index is 1.61. The largest absolute Gasteiger partial charge is 0.496 e. The molecule has 0 bridgehead atoms. The third-order valence-corrected chi connectivity index (χ3v) is 6.94. The smallest absolute Gasteiger partial charge is 0.246 e. The molecule has 3 rings (SSSR count). The van der Waals surface area contributed by atoms with Crippen LogP contribution in [0, 0.1) is 0 Å². The van der Waals surface area contributed by atoms with Gasteiger partial charge in [0.15, 0.2) is 0 Å². The molecule has 1 amide bonds. The van der Waals surface area contributed by atoms with Crippen molar-refractivity contribution in [3.8, 4) is 17.1 Å². The number of halogens is 1. The highest BCUT2D eigenvalue weighted by Crippen LogP contribution is 2.25. The molecule has 0 spiro atoms. The third kappa shape index (κ3) is 5.72. The van der Waals surface area contributed by atoms with Gasteiger partial charge in [-0.1, -0.05) is 33.2 Å². The van der Waals surface area contributed by atoms with Crippen molar-refractivity contribution in [3.05, 3.63) is 58.4 Å². The lowest BCUT2D eigenvalue weighted by molar-refractivity contribution is -0.121. The lowest BCUT2D eigenvalue weighted by Crippen LogP contribution is -2.24. The molecule has 0 fully saturated rings. The Morgan fingerprint density at radius 1 is 1.22 bits per heavy atom. The van der Waals surface area contributed by atoms with Gasteiger partial charge in [-0.15, -0.1) is 0 Å². The number of carbonyl (C=O) groups excluding carboxylic acids is 1. The van der Waals surface area contributed by atoms with E-state index < -0.39 is 10.0 Å². The fraction of sp³-hybridized carbons (Fsp3) is 0.286. The number of sulfonamides is 1. The molecule has 0 saturated heterocycles. The van der Waals surface area contributed by atoms with Crippen molar-refractivity contribution < 1.29 is 22.5 Å². The summed E-state index contributed by atoms with van der Waals surface area (Å²) in [5, 5.41) is 6.67. The zero-order valence-corrected chi connectivity index (χ0v) is 20.2. The second kappa shape index (κ2) is 10.2. The molecule has 2 aromatic carbocycles. The summed E-state index contributed by atoms with van der Waals surface area (Å²) in [4.78, 5) is 16.8. The van der Waals surface area contributed by atoms with E-state index >= 15 is 0 Å². The van der Waals surface area contributed by atoms with Gasteiger partial charge in [0.1, 0.15) is 5.75 Å². The minimum atomic E-state index is -3.59. The van der Waals surface area contributed by atoms with Gasteiger partial charge in [-0.05, 0) is 42.3 Å². The average Bonchev–Trinajstić information content (AvgIpc) is 3.25. The zero-order valence-electron chi connectivity index (χ0n) is 17.8. The van der Waals surface area contributed by atoms with Crippen molar-refractivity contribution in [1.29, 1.82) is 0 Å². The van der Waals surface area contributed by atoms with Crippen LogP contribution in [0.15, 0.2) is 56.4 Å². The number of nitrogens with one attached hydrogen (secondary N) is 1. The summed E-state index contributed by atoms with van der Waals surface area (Å²) in [6.07, 6.45) is 0.438. The van der Waals surface area contributed by atoms with Gasteiger partial charge in [0.2, 0.25) is 27.6 Å². The van der Waals surface area contributed by atoms with Crippen molar-refractivity contribution in [1.82, 2.24) is 19.8 Å². The van der Waals surface area contributed by atoms with E-state index in [0.717, 1.165) is 14.3 Å². The SMILES string of the molecule is COc1ccc(S(=O)(=O)N(C)C)cc1CCC(=O)NCc1nc(-c2cccc(Br)c2)no1. The molecule has 0 saturated carbocycles. The number of rotatable bonds is 9. The summed E-state index contributed by atoms with van der Waals surface area (Å²) in [6, 6.07) is 12.1. The second-order valence-electron chi connectivity index (χ2n) is 7.06. The number of aryl methyl sites for hydroxylation is 1. The predicted octanol–water partition coefficient (Wildman–Crippen LogP) is 3.01. The number of aromatic nitrogens is 2. The number of amides is 1. The maximum atomic E-state index is 12.4. The van der Waals surface area contributed by atoms with Crippen LogP contribution in [-0.4, -0.2) is 50.0 Å². The summed E-state index contributed by atoms with van der Waals surface area (Å²) in [5.74, 6) is 0.991. The Morgan fingerprint density at radius 3 is 2.69 bits per heavy atom. The van der Waals surface area contributed by atoms with Crippen molar-refractivity contribution in [3.63, 3.8) is 0 Å². The summed E-state index contributed by atoms with van der Waals surface area (Å²) < 4.78 is 37.3. The lowest BCUT2D eigenvalue weighted by Gasteiger charge is -2.14. The molecule has 32 heavy (non-hydrogen) atoms. The van der Waals surface area contributed by atoms with Crippen LogP contribution in [0.4, 0.5) is 0 Å². The molecule has 0 aliphatic heterocycles. The van der Waals surface area contributed by atoms with E-state index in [1.165, 1.54) is 33.3 Å². The van der Waals surface area contributed by atoms with Crippen LogP contribution in [0.3, 0.4) is 0 Å². The minimum absolute atomic E-state index is 0.0893. The van der Waals surface area contributed by atoms with Crippen LogP contribution in [0.25, 0.3) is 11.4 Å². The van der Waals surface area contributed by atoms with E-state index in [1.54, 1.807) is 6.07 Å². The molecule has 3 aromatic rings. The van der Waals surface area contributed by atoms with Crippen LogP contribution in [0.1, 0.15) is 17.9 Å². The highest BCUT2D eigenvalue weighted by atomic mass is 79.9. The monoisotopic (exact) mass is 522 g/mol. The summed E-state index contributed by atoms with van der Waals surface area (Å²) in [7, 11) is 0.841. The highest BCUT2D eigenvalue weighted by molar-refractivity contribution is 9.10. The van der Waals surface area contributed by atoms with Gasteiger partial charge in [-0.2, -0.15) is 4.98 Å². The first-order chi connectivity index (χ1) is 15.2. The summed E-state index contributed by atoms with van der Waals surface area (Å²) >= 11 is 3.40. The van der Waals surface area contributed by atoms with Crippen LogP contribution in [-0.2, 0) is 27.8 Å². The first kappa shape index (κ1) is 23.9. The molecule has 0 radical (unpaired) electrons. The van der Waals surface area contributed by atoms with E-state index in [1.807, 2.05) is 24.3 Å². The van der Waals surface area contributed by atoms with E-state index in [0.29, 0.717) is 23.6 Å². The minimum Gasteiger partial charge on any atom is -0.496 e. The number of methoxy groups -OCH3 is 1. The predicted molar refractivity (Wildman–Crippen MR) is 121 cm³/mol. The quantitative estimate of drug-likeness (QED) is 0.459. The van der Waals surface area contributed by atoms with Crippen molar-refractivity contribution in [2.24, 2.45) is 0 Å². The normalized spacial score (nSPS) is 11.5. The Kier molecular flexibility index (Phi) is 7.64. The van der Waals surface area contributed by atoms with Gasteiger partial charge in [-0.3, -0.25) is 4.79 Å². The van der Waals surface area contributed by atoms with Gasteiger partial charge in [0.05, 0.1) is 18.6 Å². The highest BCUT2D eigenvalue weighted by Gasteiger charge is 2.19. The summed E-state index contributed by atoms with van der Waals surface area (Å²) in [6.45, 7) is 0.0893. The zero-order chi connectivity index (χ0) is 23.3. The number of benzene rings is 2. The molecule has 0 unspecified atom stereocenters. The van der Waals surface area contributed by atoms with Gasteiger partial charge in [-0.25, -0.2) is 12.7 Å². The van der Waals surface area contributed by atoms with E-state index in [4.69, 9.17) is 9.26 Å². The molecule has 1 N–H and O–H groups in total. The maximum Gasteiger partial charge on any atom is 0.246 e. The fourth-order valence-corrected chi connectivity index (χ4v) is 4.26. The van der Waals surface area contributed by atoms with Gasteiger partial charge >= 0.3 is 0 Å². The Morgan fingerprint density at radius 2 is 2.00 bits per heavy atom.